The minimum absolute atomic E-state index is 0.171. The van der Waals surface area contributed by atoms with Crippen LogP contribution in [0.3, 0.4) is 0 Å². The summed E-state index contributed by atoms with van der Waals surface area (Å²) in [6.45, 7) is 0.755. The first-order valence-corrected chi connectivity index (χ1v) is 5.94. The van der Waals surface area contributed by atoms with Crippen LogP contribution in [0.2, 0.25) is 0 Å². The molecule has 0 saturated carbocycles. The van der Waals surface area contributed by atoms with E-state index in [2.05, 4.69) is 12.1 Å². The van der Waals surface area contributed by atoms with Gasteiger partial charge < -0.3 is 0 Å². The Hall–Kier alpha value is -2.22. The molecule has 0 radical (unpaired) electrons. The average molecular weight is 238 g/mol. The summed E-state index contributed by atoms with van der Waals surface area (Å²) in [5.41, 5.74) is 1.21. The topological polar surface area (TPSA) is 3.88 Å². The van der Waals surface area contributed by atoms with Crippen molar-refractivity contribution in [2.75, 3.05) is 0 Å². The summed E-state index contributed by atoms with van der Waals surface area (Å²) in [6, 6.07) is 17.3. The lowest BCUT2D eigenvalue weighted by Gasteiger charge is -2.00. The fourth-order valence-corrected chi connectivity index (χ4v) is 2.11. The van der Waals surface area contributed by atoms with E-state index in [0.717, 1.165) is 11.9 Å². The highest BCUT2D eigenvalue weighted by atomic mass is 19.1. The maximum absolute atomic E-state index is 13.7. The van der Waals surface area contributed by atoms with Gasteiger partial charge in [0.1, 0.15) is 5.82 Å². The van der Waals surface area contributed by atoms with Crippen molar-refractivity contribution in [1.82, 2.24) is 0 Å². The molecule has 3 rings (SSSR count). The first kappa shape index (κ1) is 10.9. The third-order valence-corrected chi connectivity index (χ3v) is 3.04. The molecule has 0 aliphatic carbocycles. The van der Waals surface area contributed by atoms with Crippen LogP contribution in [-0.2, 0) is 6.54 Å². The Morgan fingerprint density at radius 1 is 0.889 bits per heavy atom. The van der Waals surface area contributed by atoms with Crippen LogP contribution in [0.4, 0.5) is 4.39 Å². The van der Waals surface area contributed by atoms with Crippen molar-refractivity contribution in [3.63, 3.8) is 0 Å². The number of pyridine rings is 1. The molecule has 3 aromatic rings. The molecule has 0 bridgehead atoms. The summed E-state index contributed by atoms with van der Waals surface area (Å²) in [6.07, 6.45) is 3.84. The Bertz CT molecular complexity index is 677. The van der Waals surface area contributed by atoms with Gasteiger partial charge in [-0.05, 0) is 11.5 Å². The number of aromatic nitrogens is 1. The molecule has 18 heavy (non-hydrogen) atoms. The number of hydrogen-bond donors (Lipinski definition) is 0. The van der Waals surface area contributed by atoms with E-state index >= 15 is 0 Å². The predicted molar refractivity (Wildman–Crippen MR) is 69.6 cm³/mol. The second-order valence-corrected chi connectivity index (χ2v) is 4.35. The maximum Gasteiger partial charge on any atom is 0.179 e. The highest BCUT2D eigenvalue weighted by Crippen LogP contribution is 2.14. The third kappa shape index (κ3) is 2.09. The van der Waals surface area contributed by atoms with Crippen molar-refractivity contribution in [3.8, 4) is 0 Å². The van der Waals surface area contributed by atoms with E-state index in [1.165, 1.54) is 11.6 Å². The molecule has 0 aliphatic rings. The van der Waals surface area contributed by atoms with Crippen LogP contribution in [0.25, 0.3) is 10.8 Å². The van der Waals surface area contributed by atoms with E-state index in [-0.39, 0.29) is 5.82 Å². The molecular formula is C16H13FN+. The van der Waals surface area contributed by atoms with Crippen LogP contribution in [0, 0.1) is 5.82 Å². The van der Waals surface area contributed by atoms with Gasteiger partial charge in [-0.15, -0.1) is 0 Å². The number of fused-ring (bicyclic) bond motifs is 1. The lowest BCUT2D eigenvalue weighted by atomic mass is 10.1. The highest BCUT2D eigenvalue weighted by molar-refractivity contribution is 5.81. The maximum atomic E-state index is 13.7. The molecule has 0 N–H and O–H groups in total. The molecule has 0 saturated heterocycles. The molecule has 1 aromatic heterocycles. The second-order valence-electron chi connectivity index (χ2n) is 4.35. The van der Waals surface area contributed by atoms with E-state index in [9.17, 15) is 4.39 Å². The SMILES string of the molecule is Fc1cccc2cc[n+](Cc3ccccc3)cc12. The number of nitrogens with zero attached hydrogens (tertiary/aromatic N) is 1. The highest BCUT2D eigenvalue weighted by Gasteiger charge is 2.07. The molecule has 0 aliphatic heterocycles. The van der Waals surface area contributed by atoms with E-state index in [0.29, 0.717) is 5.39 Å². The van der Waals surface area contributed by atoms with Crippen molar-refractivity contribution in [2.45, 2.75) is 6.54 Å². The van der Waals surface area contributed by atoms with Gasteiger partial charge in [0, 0.05) is 11.6 Å². The lowest BCUT2D eigenvalue weighted by Crippen LogP contribution is -2.33. The quantitative estimate of drug-likeness (QED) is 0.603. The Balaban J connectivity index is 2.01. The molecule has 2 aromatic carbocycles. The van der Waals surface area contributed by atoms with Crippen LogP contribution in [-0.4, -0.2) is 0 Å². The smallest absolute Gasteiger partial charge is 0.179 e. The van der Waals surface area contributed by atoms with Gasteiger partial charge in [0.2, 0.25) is 0 Å². The van der Waals surface area contributed by atoms with Crippen LogP contribution >= 0.6 is 0 Å². The molecule has 1 heterocycles. The Labute approximate surface area is 105 Å². The van der Waals surface area contributed by atoms with Gasteiger partial charge in [-0.1, -0.05) is 42.5 Å². The number of halogens is 1. The zero-order valence-electron chi connectivity index (χ0n) is 9.88. The van der Waals surface area contributed by atoms with Gasteiger partial charge >= 0.3 is 0 Å². The zero-order valence-corrected chi connectivity index (χ0v) is 9.88. The summed E-state index contributed by atoms with van der Waals surface area (Å²) in [7, 11) is 0. The van der Waals surface area contributed by atoms with Gasteiger partial charge in [-0.25, -0.2) is 8.96 Å². The molecule has 0 unspecified atom stereocenters. The van der Waals surface area contributed by atoms with Crippen molar-refractivity contribution in [3.05, 3.63) is 78.4 Å². The van der Waals surface area contributed by atoms with Crippen LogP contribution < -0.4 is 4.57 Å². The number of hydrogen-bond acceptors (Lipinski definition) is 0. The van der Waals surface area contributed by atoms with E-state index in [1.807, 2.05) is 47.3 Å². The summed E-state index contributed by atoms with van der Waals surface area (Å²) < 4.78 is 15.7. The van der Waals surface area contributed by atoms with Gasteiger partial charge in [0.05, 0.1) is 5.39 Å². The minimum Gasteiger partial charge on any atom is -0.206 e. The fraction of sp³-hybridized carbons (Fsp3) is 0.0625. The molecule has 0 fully saturated rings. The molecule has 0 atom stereocenters. The zero-order chi connectivity index (χ0) is 12.4. The fourth-order valence-electron chi connectivity index (χ4n) is 2.11. The first-order chi connectivity index (χ1) is 8.83. The minimum atomic E-state index is -0.171. The average Bonchev–Trinajstić information content (AvgIpc) is 2.41. The standard InChI is InChI=1S/C16H13FN/c17-16-8-4-7-14-9-10-18(12-15(14)16)11-13-5-2-1-3-6-13/h1-10,12H,11H2/q+1. The normalized spacial score (nSPS) is 10.7. The van der Waals surface area contributed by atoms with Crippen molar-refractivity contribution >= 4 is 10.8 Å². The summed E-state index contributed by atoms with van der Waals surface area (Å²) in [4.78, 5) is 0. The van der Waals surface area contributed by atoms with Gasteiger partial charge in [0.25, 0.3) is 0 Å². The first-order valence-electron chi connectivity index (χ1n) is 5.94. The van der Waals surface area contributed by atoms with E-state index in [1.54, 1.807) is 6.07 Å². The van der Waals surface area contributed by atoms with Gasteiger partial charge in [-0.3, -0.25) is 0 Å². The van der Waals surface area contributed by atoms with Crippen LogP contribution in [0.1, 0.15) is 5.56 Å². The molecular weight excluding hydrogens is 225 g/mol. The van der Waals surface area contributed by atoms with Crippen LogP contribution in [0.5, 0.6) is 0 Å². The van der Waals surface area contributed by atoms with E-state index in [4.69, 9.17) is 0 Å². The van der Waals surface area contributed by atoms with E-state index < -0.39 is 0 Å². The van der Waals surface area contributed by atoms with Crippen molar-refractivity contribution in [2.24, 2.45) is 0 Å². The van der Waals surface area contributed by atoms with Crippen molar-refractivity contribution < 1.29 is 8.96 Å². The predicted octanol–water partition coefficient (Wildman–Crippen LogP) is 3.31. The van der Waals surface area contributed by atoms with Gasteiger partial charge in [-0.2, -0.15) is 0 Å². The molecule has 2 heteroatoms. The largest absolute Gasteiger partial charge is 0.206 e. The molecule has 0 spiro atoms. The Morgan fingerprint density at radius 2 is 1.72 bits per heavy atom. The monoisotopic (exact) mass is 238 g/mol. The number of benzene rings is 2. The molecule has 1 nitrogen and oxygen atoms in total. The summed E-state index contributed by atoms with van der Waals surface area (Å²) >= 11 is 0. The molecule has 88 valence electrons. The summed E-state index contributed by atoms with van der Waals surface area (Å²) in [5.74, 6) is -0.171. The second kappa shape index (κ2) is 4.57. The van der Waals surface area contributed by atoms with Crippen molar-refractivity contribution in [1.29, 1.82) is 0 Å². The lowest BCUT2D eigenvalue weighted by molar-refractivity contribution is -0.687. The van der Waals surface area contributed by atoms with Crippen LogP contribution in [0.15, 0.2) is 67.0 Å². The Morgan fingerprint density at radius 3 is 2.56 bits per heavy atom. The van der Waals surface area contributed by atoms with Gasteiger partial charge in [0.15, 0.2) is 18.9 Å². The third-order valence-electron chi connectivity index (χ3n) is 3.04. The Kier molecular flexibility index (Phi) is 2.77. The number of rotatable bonds is 2. The molecule has 0 amide bonds. The summed E-state index contributed by atoms with van der Waals surface area (Å²) in [5, 5.41) is 1.59.